The van der Waals surface area contributed by atoms with Crippen molar-refractivity contribution in [1.29, 1.82) is 0 Å². The van der Waals surface area contributed by atoms with E-state index in [1.807, 2.05) is 7.05 Å². The summed E-state index contributed by atoms with van der Waals surface area (Å²) in [5.41, 5.74) is 0.463. The Morgan fingerprint density at radius 3 is 2.86 bits per heavy atom. The summed E-state index contributed by atoms with van der Waals surface area (Å²) in [6, 6.07) is 6.36. The number of hydrogen-bond acceptors (Lipinski definition) is 4. The van der Waals surface area contributed by atoms with Gasteiger partial charge in [-0.15, -0.1) is 0 Å². The number of nitrogens with one attached hydrogen (secondary N) is 1. The third-order valence-electron chi connectivity index (χ3n) is 3.86. The summed E-state index contributed by atoms with van der Waals surface area (Å²) in [5.74, 6) is 0.312. The lowest BCUT2D eigenvalue weighted by Gasteiger charge is -2.17. The van der Waals surface area contributed by atoms with E-state index in [9.17, 15) is 13.2 Å². The van der Waals surface area contributed by atoms with Crippen molar-refractivity contribution in [3.63, 3.8) is 0 Å². The summed E-state index contributed by atoms with van der Waals surface area (Å²) < 4.78 is 26.8. The molecule has 0 spiro atoms. The number of ketones is 1. The fourth-order valence-corrected chi connectivity index (χ4v) is 4.23. The molecule has 0 aromatic heterocycles. The Balaban J connectivity index is 2.22. The Hall–Kier alpha value is -1.24. The van der Waals surface area contributed by atoms with Crippen molar-refractivity contribution in [2.24, 2.45) is 5.92 Å². The molecule has 1 N–H and O–H groups in total. The van der Waals surface area contributed by atoms with E-state index in [0.717, 1.165) is 13.0 Å². The van der Waals surface area contributed by atoms with Crippen molar-refractivity contribution in [2.75, 3.05) is 26.7 Å². The Labute approximate surface area is 126 Å². The van der Waals surface area contributed by atoms with Gasteiger partial charge in [0.2, 0.25) is 10.0 Å². The van der Waals surface area contributed by atoms with E-state index in [-0.39, 0.29) is 10.7 Å². The second kappa shape index (κ2) is 6.68. The third-order valence-corrected chi connectivity index (χ3v) is 5.72. The molecule has 1 unspecified atom stereocenters. The molecule has 1 fully saturated rings. The predicted octanol–water partition coefficient (Wildman–Crippen LogP) is 1.51. The normalized spacial score (nSPS) is 19.8. The Morgan fingerprint density at radius 2 is 2.19 bits per heavy atom. The molecule has 2 rings (SSSR count). The van der Waals surface area contributed by atoms with Crippen molar-refractivity contribution < 1.29 is 13.2 Å². The number of sulfonamides is 1. The second-order valence-electron chi connectivity index (χ2n) is 5.38. The average Bonchev–Trinajstić information content (AvgIpc) is 2.96. The van der Waals surface area contributed by atoms with Crippen LogP contribution in [0, 0.1) is 5.92 Å². The smallest absolute Gasteiger partial charge is 0.243 e. The molecule has 1 heterocycles. The van der Waals surface area contributed by atoms with Crippen LogP contribution >= 0.6 is 0 Å². The minimum absolute atomic E-state index is 0.0402. The fourth-order valence-electron chi connectivity index (χ4n) is 2.65. The first-order valence-corrected chi connectivity index (χ1v) is 8.71. The molecule has 1 aliphatic heterocycles. The zero-order valence-corrected chi connectivity index (χ0v) is 13.3. The zero-order valence-electron chi connectivity index (χ0n) is 12.5. The van der Waals surface area contributed by atoms with Crippen LogP contribution < -0.4 is 5.32 Å². The van der Waals surface area contributed by atoms with Gasteiger partial charge in [0, 0.05) is 25.1 Å². The number of carbonyl (C=O) groups excluding carboxylic acids is 1. The van der Waals surface area contributed by atoms with E-state index < -0.39 is 10.0 Å². The predicted molar refractivity (Wildman–Crippen MR) is 81.9 cm³/mol. The molecule has 116 valence electrons. The van der Waals surface area contributed by atoms with E-state index in [1.165, 1.54) is 10.4 Å². The average molecular weight is 310 g/mol. The van der Waals surface area contributed by atoms with Crippen molar-refractivity contribution >= 4 is 15.8 Å². The molecule has 0 bridgehead atoms. The lowest BCUT2D eigenvalue weighted by atomic mass is 10.1. The van der Waals surface area contributed by atoms with Gasteiger partial charge in [0.1, 0.15) is 0 Å². The highest BCUT2D eigenvalue weighted by atomic mass is 32.2. The number of nitrogens with zero attached hydrogens (tertiary/aromatic N) is 1. The molecule has 5 nitrogen and oxygen atoms in total. The van der Waals surface area contributed by atoms with Crippen molar-refractivity contribution in [3.8, 4) is 0 Å². The maximum absolute atomic E-state index is 12.6. The van der Waals surface area contributed by atoms with Crippen LogP contribution in [0.25, 0.3) is 0 Å². The van der Waals surface area contributed by atoms with Gasteiger partial charge in [-0.05, 0) is 38.1 Å². The van der Waals surface area contributed by atoms with Crippen LogP contribution in [-0.4, -0.2) is 45.2 Å². The Morgan fingerprint density at radius 1 is 1.43 bits per heavy atom. The maximum Gasteiger partial charge on any atom is 0.243 e. The van der Waals surface area contributed by atoms with Gasteiger partial charge in [-0.1, -0.05) is 19.1 Å². The first kappa shape index (κ1) is 16.1. The number of Topliss-reactive ketones (excluding diaryl/α,β-unsaturated/α-hetero) is 1. The van der Waals surface area contributed by atoms with Gasteiger partial charge in [0.05, 0.1) is 4.90 Å². The maximum atomic E-state index is 12.6. The highest BCUT2D eigenvalue weighted by Gasteiger charge is 2.32. The monoisotopic (exact) mass is 310 g/mol. The van der Waals surface area contributed by atoms with Crippen LogP contribution in [0.5, 0.6) is 0 Å². The summed E-state index contributed by atoms with van der Waals surface area (Å²) in [5, 5.41) is 3.09. The largest absolute Gasteiger partial charge is 0.319 e. The highest BCUT2D eigenvalue weighted by Crippen LogP contribution is 2.24. The molecule has 6 heteroatoms. The van der Waals surface area contributed by atoms with Crippen LogP contribution in [0.3, 0.4) is 0 Å². The molecule has 21 heavy (non-hydrogen) atoms. The van der Waals surface area contributed by atoms with Gasteiger partial charge in [0.25, 0.3) is 0 Å². The molecule has 1 saturated heterocycles. The number of hydrogen-bond donors (Lipinski definition) is 1. The van der Waals surface area contributed by atoms with E-state index in [1.54, 1.807) is 25.1 Å². The third kappa shape index (κ3) is 3.51. The summed E-state index contributed by atoms with van der Waals surface area (Å²) >= 11 is 0. The summed E-state index contributed by atoms with van der Waals surface area (Å²) in [6.07, 6.45) is 1.24. The molecule has 1 aromatic carbocycles. The number of carbonyl (C=O) groups is 1. The first-order chi connectivity index (χ1) is 9.98. The lowest BCUT2D eigenvalue weighted by molar-refractivity contribution is 0.0988. The van der Waals surface area contributed by atoms with E-state index in [4.69, 9.17) is 0 Å². The molecule has 0 saturated carbocycles. The highest BCUT2D eigenvalue weighted by molar-refractivity contribution is 7.89. The minimum Gasteiger partial charge on any atom is -0.319 e. The van der Waals surface area contributed by atoms with Crippen molar-refractivity contribution in [1.82, 2.24) is 9.62 Å². The van der Waals surface area contributed by atoms with E-state index in [0.29, 0.717) is 31.0 Å². The van der Waals surface area contributed by atoms with Crippen LogP contribution in [0.1, 0.15) is 30.1 Å². The molecule has 0 aliphatic carbocycles. The molecule has 1 aromatic rings. The van der Waals surface area contributed by atoms with Gasteiger partial charge in [0.15, 0.2) is 5.78 Å². The van der Waals surface area contributed by atoms with Gasteiger partial charge >= 0.3 is 0 Å². The van der Waals surface area contributed by atoms with Crippen LogP contribution in [-0.2, 0) is 10.0 Å². The first-order valence-electron chi connectivity index (χ1n) is 7.27. The molecule has 1 aliphatic rings. The number of benzene rings is 1. The van der Waals surface area contributed by atoms with Crippen molar-refractivity contribution in [2.45, 2.75) is 24.7 Å². The van der Waals surface area contributed by atoms with Crippen LogP contribution in [0.15, 0.2) is 29.2 Å². The Bertz CT molecular complexity index is 613. The van der Waals surface area contributed by atoms with E-state index >= 15 is 0 Å². The van der Waals surface area contributed by atoms with Gasteiger partial charge < -0.3 is 5.32 Å². The summed E-state index contributed by atoms with van der Waals surface area (Å²) in [7, 11) is -1.63. The summed E-state index contributed by atoms with van der Waals surface area (Å²) in [4.78, 5) is 11.9. The molecule has 0 radical (unpaired) electrons. The molecular formula is C15H22N2O3S. The topological polar surface area (TPSA) is 66.5 Å². The van der Waals surface area contributed by atoms with Gasteiger partial charge in [-0.25, -0.2) is 8.42 Å². The fraction of sp³-hybridized carbons (Fsp3) is 0.533. The second-order valence-corrected chi connectivity index (χ2v) is 7.32. The number of rotatable bonds is 6. The zero-order chi connectivity index (χ0) is 15.5. The van der Waals surface area contributed by atoms with E-state index in [2.05, 4.69) is 5.32 Å². The van der Waals surface area contributed by atoms with Crippen LogP contribution in [0.2, 0.25) is 0 Å². The van der Waals surface area contributed by atoms with Crippen molar-refractivity contribution in [3.05, 3.63) is 29.8 Å². The standard InChI is InChI=1S/C15H22N2O3S/c1-3-15(18)13-5-4-6-14(9-13)21(19,20)17-8-7-12(11-17)10-16-2/h4-6,9,12,16H,3,7-8,10-11H2,1-2H3. The quantitative estimate of drug-likeness (QED) is 0.809. The minimum atomic E-state index is -3.50. The van der Waals surface area contributed by atoms with Gasteiger partial charge in [-0.2, -0.15) is 4.31 Å². The molecular weight excluding hydrogens is 288 g/mol. The Kier molecular flexibility index (Phi) is 5.13. The SMILES string of the molecule is CCC(=O)c1cccc(S(=O)(=O)N2CCC(CNC)C2)c1. The van der Waals surface area contributed by atoms with Gasteiger partial charge in [-0.3, -0.25) is 4.79 Å². The lowest BCUT2D eigenvalue weighted by Crippen LogP contribution is -2.30. The molecule has 0 amide bonds. The molecule has 1 atom stereocenters. The van der Waals surface area contributed by atoms with Crippen LogP contribution in [0.4, 0.5) is 0 Å². The summed E-state index contributed by atoms with van der Waals surface area (Å²) in [6.45, 7) is 3.67.